The summed E-state index contributed by atoms with van der Waals surface area (Å²) < 4.78 is 11.5. The van der Waals surface area contributed by atoms with E-state index in [1.54, 1.807) is 6.07 Å². The minimum absolute atomic E-state index is 0.00470. The molecule has 3 rings (SSSR count). The van der Waals surface area contributed by atoms with E-state index < -0.39 is 0 Å². The van der Waals surface area contributed by atoms with Crippen molar-refractivity contribution in [2.45, 2.75) is 45.8 Å². The summed E-state index contributed by atoms with van der Waals surface area (Å²) in [6.07, 6.45) is 1.43. The lowest BCUT2D eigenvalue weighted by Crippen LogP contribution is -2.23. The summed E-state index contributed by atoms with van der Waals surface area (Å²) in [6.45, 7) is 4.88. The van der Waals surface area contributed by atoms with Crippen LogP contribution in [0.4, 0.5) is 0 Å². The topological polar surface area (TPSA) is 64.6 Å². The Morgan fingerprint density at radius 3 is 2.92 bits per heavy atom. The normalized spacial score (nSPS) is 15.2. The SMILES string of the molecule is CCOc1cc2c(cc1CNC(=O)CCC(=O)c1cccs1)O[C@@H](C)C2. The average molecular weight is 373 g/mol. The van der Waals surface area contributed by atoms with E-state index in [1.165, 1.54) is 11.3 Å². The van der Waals surface area contributed by atoms with Gasteiger partial charge in [-0.1, -0.05) is 6.07 Å². The van der Waals surface area contributed by atoms with Crippen LogP contribution in [-0.2, 0) is 17.8 Å². The lowest BCUT2D eigenvalue weighted by atomic mass is 10.1. The van der Waals surface area contributed by atoms with E-state index >= 15 is 0 Å². The van der Waals surface area contributed by atoms with Gasteiger partial charge in [-0.05, 0) is 37.4 Å². The summed E-state index contributed by atoms with van der Waals surface area (Å²) >= 11 is 1.40. The third-order valence-corrected chi connectivity index (χ3v) is 5.14. The Kier molecular flexibility index (Phi) is 5.93. The number of benzene rings is 1. The molecule has 0 aliphatic carbocycles. The molecule has 1 aromatic carbocycles. The first-order valence-corrected chi connectivity index (χ1v) is 9.73. The van der Waals surface area contributed by atoms with Gasteiger partial charge in [0, 0.05) is 36.9 Å². The number of rotatable bonds is 8. The molecule has 138 valence electrons. The number of amides is 1. The number of fused-ring (bicyclic) bond motifs is 1. The van der Waals surface area contributed by atoms with E-state index in [1.807, 2.05) is 37.4 Å². The third-order valence-electron chi connectivity index (χ3n) is 4.23. The van der Waals surface area contributed by atoms with Crippen molar-refractivity contribution in [1.29, 1.82) is 0 Å². The fourth-order valence-electron chi connectivity index (χ4n) is 2.98. The molecule has 5 nitrogen and oxygen atoms in total. The molecule has 1 aromatic heterocycles. The van der Waals surface area contributed by atoms with Gasteiger partial charge in [-0.2, -0.15) is 0 Å². The van der Waals surface area contributed by atoms with E-state index in [0.717, 1.165) is 29.0 Å². The fraction of sp³-hybridized carbons (Fsp3) is 0.400. The maximum Gasteiger partial charge on any atom is 0.220 e. The largest absolute Gasteiger partial charge is 0.494 e. The van der Waals surface area contributed by atoms with E-state index in [2.05, 4.69) is 5.32 Å². The number of thiophene rings is 1. The smallest absolute Gasteiger partial charge is 0.220 e. The van der Waals surface area contributed by atoms with Crippen LogP contribution in [0.5, 0.6) is 11.5 Å². The second-order valence-electron chi connectivity index (χ2n) is 6.31. The van der Waals surface area contributed by atoms with Gasteiger partial charge in [-0.15, -0.1) is 11.3 Å². The molecule has 6 heteroatoms. The first-order chi connectivity index (χ1) is 12.6. The van der Waals surface area contributed by atoms with Crippen molar-refractivity contribution in [2.75, 3.05) is 6.61 Å². The molecular formula is C20H23NO4S. The highest BCUT2D eigenvalue weighted by Crippen LogP contribution is 2.35. The van der Waals surface area contributed by atoms with Gasteiger partial charge in [0.15, 0.2) is 5.78 Å². The highest BCUT2D eigenvalue weighted by molar-refractivity contribution is 7.12. The van der Waals surface area contributed by atoms with Crippen LogP contribution in [0.25, 0.3) is 0 Å². The molecular weight excluding hydrogens is 350 g/mol. The van der Waals surface area contributed by atoms with Crippen molar-refractivity contribution in [3.8, 4) is 11.5 Å². The van der Waals surface area contributed by atoms with Crippen LogP contribution >= 0.6 is 11.3 Å². The second kappa shape index (κ2) is 8.36. The minimum Gasteiger partial charge on any atom is -0.494 e. The zero-order valence-electron chi connectivity index (χ0n) is 15.0. The van der Waals surface area contributed by atoms with Crippen molar-refractivity contribution >= 4 is 23.0 Å². The Hall–Kier alpha value is -2.34. The molecule has 1 amide bonds. The summed E-state index contributed by atoms with van der Waals surface area (Å²) in [6, 6.07) is 7.57. The molecule has 1 aliphatic heterocycles. The van der Waals surface area contributed by atoms with Gasteiger partial charge in [-0.25, -0.2) is 0 Å². The Balaban J connectivity index is 1.57. The van der Waals surface area contributed by atoms with Crippen LogP contribution in [0, 0.1) is 0 Å². The van der Waals surface area contributed by atoms with E-state index in [0.29, 0.717) is 18.0 Å². The molecule has 1 N–H and O–H groups in total. The standard InChI is InChI=1S/C20H23NO4S/c1-3-24-17-10-14-9-13(2)25-18(14)11-15(17)12-21-20(23)7-6-16(22)19-5-4-8-26-19/h4-5,8,10-11,13H,3,6-7,9,12H2,1-2H3,(H,21,23)/t13-/m0/s1. The summed E-state index contributed by atoms with van der Waals surface area (Å²) in [5, 5.41) is 4.74. The number of hydrogen-bond acceptors (Lipinski definition) is 5. The number of hydrogen-bond donors (Lipinski definition) is 1. The Morgan fingerprint density at radius 2 is 2.19 bits per heavy atom. The van der Waals surface area contributed by atoms with Crippen molar-refractivity contribution in [3.05, 3.63) is 45.6 Å². The van der Waals surface area contributed by atoms with Crippen molar-refractivity contribution in [3.63, 3.8) is 0 Å². The fourth-order valence-corrected chi connectivity index (χ4v) is 3.67. The van der Waals surface area contributed by atoms with Crippen LogP contribution < -0.4 is 14.8 Å². The predicted octanol–water partition coefficient (Wildman–Crippen LogP) is 3.75. The minimum atomic E-state index is -0.146. The van der Waals surface area contributed by atoms with Gasteiger partial charge < -0.3 is 14.8 Å². The van der Waals surface area contributed by atoms with Crippen molar-refractivity contribution < 1.29 is 19.1 Å². The van der Waals surface area contributed by atoms with Gasteiger partial charge >= 0.3 is 0 Å². The first kappa shape index (κ1) is 18.5. The third kappa shape index (κ3) is 4.43. The van der Waals surface area contributed by atoms with Gasteiger partial charge in [0.05, 0.1) is 11.5 Å². The Labute approximate surface area is 157 Å². The van der Waals surface area contributed by atoms with Gasteiger partial charge in [0.2, 0.25) is 5.91 Å². The number of nitrogens with one attached hydrogen (secondary N) is 1. The second-order valence-corrected chi connectivity index (χ2v) is 7.26. The molecule has 0 bridgehead atoms. The molecule has 1 atom stereocenters. The molecule has 0 saturated heterocycles. The molecule has 0 spiro atoms. The maximum atomic E-state index is 12.1. The maximum absolute atomic E-state index is 12.1. The van der Waals surface area contributed by atoms with Crippen LogP contribution in [0.3, 0.4) is 0 Å². The lowest BCUT2D eigenvalue weighted by Gasteiger charge is -2.13. The molecule has 2 heterocycles. The van der Waals surface area contributed by atoms with Crippen molar-refractivity contribution in [2.24, 2.45) is 0 Å². The average Bonchev–Trinajstić information content (AvgIpc) is 3.26. The van der Waals surface area contributed by atoms with Crippen molar-refractivity contribution in [1.82, 2.24) is 5.32 Å². The monoisotopic (exact) mass is 373 g/mol. The number of carbonyl (C=O) groups is 2. The Morgan fingerprint density at radius 1 is 1.35 bits per heavy atom. The van der Waals surface area contributed by atoms with Crippen LogP contribution in [0.15, 0.2) is 29.6 Å². The summed E-state index contributed by atoms with van der Waals surface area (Å²) in [5.74, 6) is 1.49. The van der Waals surface area contributed by atoms with Crippen LogP contribution in [0.1, 0.15) is 47.5 Å². The lowest BCUT2D eigenvalue weighted by molar-refractivity contribution is -0.121. The van der Waals surface area contributed by atoms with Gasteiger partial charge in [0.25, 0.3) is 0 Å². The summed E-state index contributed by atoms with van der Waals surface area (Å²) in [5.41, 5.74) is 2.02. The zero-order chi connectivity index (χ0) is 18.5. The predicted molar refractivity (Wildman–Crippen MR) is 101 cm³/mol. The summed E-state index contributed by atoms with van der Waals surface area (Å²) in [4.78, 5) is 24.8. The highest BCUT2D eigenvalue weighted by atomic mass is 32.1. The number of ketones is 1. The van der Waals surface area contributed by atoms with Crippen LogP contribution in [0.2, 0.25) is 0 Å². The van der Waals surface area contributed by atoms with Crippen LogP contribution in [-0.4, -0.2) is 24.4 Å². The van der Waals surface area contributed by atoms with E-state index in [9.17, 15) is 9.59 Å². The molecule has 0 unspecified atom stereocenters. The number of carbonyl (C=O) groups excluding carboxylic acids is 2. The quantitative estimate of drug-likeness (QED) is 0.716. The molecule has 0 radical (unpaired) electrons. The zero-order valence-corrected chi connectivity index (χ0v) is 15.9. The number of Topliss-reactive ketones (excluding diaryl/α,β-unsaturated/α-hetero) is 1. The first-order valence-electron chi connectivity index (χ1n) is 8.85. The van der Waals surface area contributed by atoms with Gasteiger partial charge in [0.1, 0.15) is 17.6 Å². The van der Waals surface area contributed by atoms with Gasteiger partial charge in [-0.3, -0.25) is 9.59 Å². The Bertz CT molecular complexity index is 785. The summed E-state index contributed by atoms with van der Waals surface area (Å²) in [7, 11) is 0. The molecule has 1 aliphatic rings. The molecule has 2 aromatic rings. The van der Waals surface area contributed by atoms with E-state index in [-0.39, 0.29) is 30.6 Å². The van der Waals surface area contributed by atoms with E-state index in [4.69, 9.17) is 9.47 Å². The molecule has 0 fully saturated rings. The molecule has 0 saturated carbocycles. The highest BCUT2D eigenvalue weighted by Gasteiger charge is 2.22. The molecule has 26 heavy (non-hydrogen) atoms. The number of ether oxygens (including phenoxy) is 2.